The fourth-order valence-corrected chi connectivity index (χ4v) is 5.31. The Bertz CT molecular complexity index is 1080. The fourth-order valence-electron chi connectivity index (χ4n) is 4.40. The molecule has 0 spiro atoms. The van der Waals surface area contributed by atoms with Crippen molar-refractivity contribution in [1.82, 2.24) is 9.80 Å². The lowest BCUT2D eigenvalue weighted by Gasteiger charge is -2.29. The van der Waals surface area contributed by atoms with Crippen LogP contribution in [-0.2, 0) is 33.8 Å². The Morgan fingerprint density at radius 2 is 1.60 bits per heavy atom. The molecule has 0 saturated carbocycles. The van der Waals surface area contributed by atoms with Crippen molar-refractivity contribution in [2.75, 3.05) is 19.7 Å². The topological polar surface area (TPSA) is 49.9 Å². The second kappa shape index (κ2) is 12.7. The van der Waals surface area contributed by atoms with Crippen LogP contribution in [0.2, 0.25) is 0 Å². The molecule has 2 heterocycles. The Balaban J connectivity index is 1.47. The fraction of sp³-hybridized carbons (Fsp3) is 0.379. The number of benzene rings is 2. The first-order valence-electron chi connectivity index (χ1n) is 12.4. The molecule has 184 valence electrons. The first-order chi connectivity index (χ1) is 17.1. The quantitative estimate of drug-likeness (QED) is 0.370. The van der Waals surface area contributed by atoms with Crippen LogP contribution >= 0.6 is 11.3 Å². The summed E-state index contributed by atoms with van der Waals surface area (Å²) in [6.07, 6.45) is 2.98. The molecule has 1 unspecified atom stereocenters. The molecule has 0 aliphatic carbocycles. The van der Waals surface area contributed by atoms with Crippen LogP contribution in [0.3, 0.4) is 0 Å². The first kappa shape index (κ1) is 25.1. The van der Waals surface area contributed by atoms with Gasteiger partial charge in [0.15, 0.2) is 0 Å². The van der Waals surface area contributed by atoms with Gasteiger partial charge >= 0.3 is 0 Å². The van der Waals surface area contributed by atoms with E-state index in [2.05, 4.69) is 19.1 Å². The molecule has 1 atom stereocenters. The Hall–Kier alpha value is -2.96. The number of hydrogen-bond acceptors (Lipinski definition) is 4. The second-order valence-corrected chi connectivity index (χ2v) is 10.5. The maximum Gasteiger partial charge on any atom is 0.242 e. The number of aryl methyl sites for hydroxylation is 2. The summed E-state index contributed by atoms with van der Waals surface area (Å²) in [5, 5.41) is 0. The van der Waals surface area contributed by atoms with E-state index in [9.17, 15) is 9.59 Å². The molecule has 0 bridgehead atoms. The van der Waals surface area contributed by atoms with E-state index in [-0.39, 0.29) is 24.5 Å². The van der Waals surface area contributed by atoms with Gasteiger partial charge in [-0.05, 0) is 49.4 Å². The molecule has 0 N–H and O–H groups in total. The normalized spacial score (nSPS) is 15.2. The predicted molar refractivity (Wildman–Crippen MR) is 140 cm³/mol. The zero-order valence-corrected chi connectivity index (χ0v) is 21.2. The number of thiophene rings is 1. The highest BCUT2D eigenvalue weighted by Crippen LogP contribution is 2.20. The van der Waals surface area contributed by atoms with E-state index >= 15 is 0 Å². The monoisotopic (exact) mass is 490 g/mol. The number of hydrogen-bond donors (Lipinski definition) is 0. The van der Waals surface area contributed by atoms with Crippen molar-refractivity contribution in [2.24, 2.45) is 0 Å². The number of ether oxygens (including phenoxy) is 1. The van der Waals surface area contributed by atoms with Gasteiger partial charge in [-0.2, -0.15) is 0 Å². The number of amides is 2. The second-order valence-electron chi connectivity index (χ2n) is 9.14. The average molecular weight is 491 g/mol. The van der Waals surface area contributed by atoms with Gasteiger partial charge in [0, 0.05) is 35.9 Å². The standard InChI is InChI=1S/C29H34N2O3S/c1-23-14-16-27(35-23)21-30(19-25-11-6-3-7-12-25)29(33)22-31(20-26-13-8-18-34-26)28(32)17-15-24-9-4-2-5-10-24/h2-7,9-12,14,16,26H,8,13,15,17-22H2,1H3. The maximum absolute atomic E-state index is 13.6. The van der Waals surface area contributed by atoms with Crippen molar-refractivity contribution in [3.63, 3.8) is 0 Å². The summed E-state index contributed by atoms with van der Waals surface area (Å²) in [7, 11) is 0. The van der Waals surface area contributed by atoms with E-state index in [1.165, 1.54) is 4.88 Å². The molecule has 1 saturated heterocycles. The van der Waals surface area contributed by atoms with Crippen molar-refractivity contribution >= 4 is 23.2 Å². The van der Waals surface area contributed by atoms with Gasteiger partial charge in [-0.15, -0.1) is 11.3 Å². The molecular formula is C29H34N2O3S. The summed E-state index contributed by atoms with van der Waals surface area (Å²) >= 11 is 1.71. The van der Waals surface area contributed by atoms with E-state index in [1.807, 2.05) is 65.6 Å². The molecule has 1 aromatic heterocycles. The average Bonchev–Trinajstić information content (AvgIpc) is 3.54. The molecule has 1 aliphatic heterocycles. The molecule has 1 fully saturated rings. The number of rotatable bonds is 11. The summed E-state index contributed by atoms with van der Waals surface area (Å²) in [4.78, 5) is 32.9. The Kier molecular flexibility index (Phi) is 9.09. The summed E-state index contributed by atoms with van der Waals surface area (Å²) < 4.78 is 5.82. The van der Waals surface area contributed by atoms with Gasteiger partial charge in [0.05, 0.1) is 19.2 Å². The predicted octanol–water partition coefficient (Wildman–Crippen LogP) is 5.23. The summed E-state index contributed by atoms with van der Waals surface area (Å²) in [6.45, 7) is 4.40. The minimum atomic E-state index is -0.0361. The lowest BCUT2D eigenvalue weighted by atomic mass is 10.1. The van der Waals surface area contributed by atoms with Crippen LogP contribution < -0.4 is 0 Å². The minimum absolute atomic E-state index is 0.00401. The van der Waals surface area contributed by atoms with Crippen LogP contribution in [0.15, 0.2) is 72.8 Å². The van der Waals surface area contributed by atoms with E-state index in [4.69, 9.17) is 4.74 Å². The molecule has 3 aromatic rings. The van der Waals surface area contributed by atoms with Gasteiger partial charge in [0.1, 0.15) is 0 Å². The molecule has 2 amide bonds. The van der Waals surface area contributed by atoms with E-state index in [0.717, 1.165) is 35.5 Å². The van der Waals surface area contributed by atoms with Crippen LogP contribution in [0.25, 0.3) is 0 Å². The molecular weight excluding hydrogens is 456 g/mol. The third-order valence-corrected chi connectivity index (χ3v) is 7.29. The molecule has 2 aromatic carbocycles. The lowest BCUT2D eigenvalue weighted by molar-refractivity contribution is -0.142. The van der Waals surface area contributed by atoms with Crippen molar-refractivity contribution in [2.45, 2.75) is 51.8 Å². The van der Waals surface area contributed by atoms with Gasteiger partial charge in [-0.1, -0.05) is 60.7 Å². The van der Waals surface area contributed by atoms with Crippen LogP contribution in [0.1, 0.15) is 40.1 Å². The van der Waals surface area contributed by atoms with Crippen LogP contribution in [-0.4, -0.2) is 47.4 Å². The highest BCUT2D eigenvalue weighted by molar-refractivity contribution is 7.11. The minimum Gasteiger partial charge on any atom is -0.376 e. The van der Waals surface area contributed by atoms with Crippen molar-refractivity contribution in [3.8, 4) is 0 Å². The lowest BCUT2D eigenvalue weighted by Crippen LogP contribution is -2.45. The summed E-state index contributed by atoms with van der Waals surface area (Å²) in [5.41, 5.74) is 2.21. The van der Waals surface area contributed by atoms with Gasteiger partial charge in [-0.25, -0.2) is 0 Å². The smallest absolute Gasteiger partial charge is 0.242 e. The highest BCUT2D eigenvalue weighted by atomic mass is 32.1. The SMILES string of the molecule is Cc1ccc(CN(Cc2ccccc2)C(=O)CN(CC2CCCO2)C(=O)CCc2ccccc2)s1. The number of carbonyl (C=O) groups is 2. The molecule has 6 heteroatoms. The first-order valence-corrected chi connectivity index (χ1v) is 13.2. The number of nitrogens with zero attached hydrogens (tertiary/aromatic N) is 2. The summed E-state index contributed by atoms with van der Waals surface area (Å²) in [6, 6.07) is 24.2. The Morgan fingerprint density at radius 1 is 0.886 bits per heavy atom. The van der Waals surface area contributed by atoms with Crippen LogP contribution in [0.4, 0.5) is 0 Å². The molecule has 0 radical (unpaired) electrons. The van der Waals surface area contributed by atoms with Crippen molar-refractivity contribution in [3.05, 3.63) is 93.7 Å². The largest absolute Gasteiger partial charge is 0.376 e. The highest BCUT2D eigenvalue weighted by Gasteiger charge is 2.26. The maximum atomic E-state index is 13.6. The van der Waals surface area contributed by atoms with Gasteiger partial charge in [-0.3, -0.25) is 9.59 Å². The van der Waals surface area contributed by atoms with Crippen molar-refractivity contribution in [1.29, 1.82) is 0 Å². The third kappa shape index (κ3) is 7.77. The number of carbonyl (C=O) groups excluding carboxylic acids is 2. The molecule has 4 rings (SSSR count). The molecule has 1 aliphatic rings. The zero-order valence-electron chi connectivity index (χ0n) is 20.4. The van der Waals surface area contributed by atoms with E-state index in [0.29, 0.717) is 32.5 Å². The van der Waals surface area contributed by atoms with Crippen LogP contribution in [0, 0.1) is 6.92 Å². The third-order valence-electron chi connectivity index (χ3n) is 6.31. The van der Waals surface area contributed by atoms with Gasteiger partial charge < -0.3 is 14.5 Å². The zero-order chi connectivity index (χ0) is 24.5. The van der Waals surface area contributed by atoms with E-state index in [1.54, 1.807) is 16.2 Å². The summed E-state index contributed by atoms with van der Waals surface area (Å²) in [5.74, 6) is -0.0321. The molecule has 35 heavy (non-hydrogen) atoms. The van der Waals surface area contributed by atoms with Crippen molar-refractivity contribution < 1.29 is 14.3 Å². The molecule has 5 nitrogen and oxygen atoms in total. The Morgan fingerprint density at radius 3 is 2.23 bits per heavy atom. The Labute approximate surface area is 212 Å². The van der Waals surface area contributed by atoms with E-state index < -0.39 is 0 Å². The van der Waals surface area contributed by atoms with Gasteiger partial charge in [0.25, 0.3) is 0 Å². The van der Waals surface area contributed by atoms with Gasteiger partial charge in [0.2, 0.25) is 11.8 Å². The van der Waals surface area contributed by atoms with Crippen LogP contribution in [0.5, 0.6) is 0 Å².